The summed E-state index contributed by atoms with van der Waals surface area (Å²) >= 11 is 0. The Morgan fingerprint density at radius 1 is 0.275 bits per heavy atom. The van der Waals surface area contributed by atoms with Crippen molar-refractivity contribution in [1.82, 2.24) is 4.57 Å². The van der Waals surface area contributed by atoms with E-state index in [1.165, 1.54) is 49.6 Å². The van der Waals surface area contributed by atoms with E-state index in [1.54, 1.807) is 0 Å². The zero-order chi connectivity index (χ0) is 45.7. The molecule has 13 rings (SSSR count). The van der Waals surface area contributed by atoms with Crippen LogP contribution in [0, 0.1) is 0 Å². The molecule has 0 aliphatic heterocycles. The quantitative estimate of drug-likeness (QED) is 0.144. The molecular weight excluding hydrogens is 837 g/mol. The first-order valence-corrected chi connectivity index (χ1v) is 23.6. The van der Waals surface area contributed by atoms with Crippen LogP contribution < -0.4 is 4.90 Å². The molecule has 0 saturated heterocycles. The first-order chi connectivity index (χ1) is 34.2. The lowest BCUT2D eigenvalue weighted by Crippen LogP contribution is -2.10. The predicted octanol–water partition coefficient (Wildman–Crippen LogP) is 18.5. The summed E-state index contributed by atoms with van der Waals surface area (Å²) in [5.41, 5.74) is 20.2. The van der Waals surface area contributed by atoms with E-state index in [4.69, 9.17) is 4.42 Å². The maximum absolute atomic E-state index is 6.34. The summed E-state index contributed by atoms with van der Waals surface area (Å²) < 4.78 is 8.72. The molecule has 0 radical (unpaired) electrons. The van der Waals surface area contributed by atoms with Crippen molar-refractivity contribution in [2.45, 2.75) is 0 Å². The zero-order valence-corrected chi connectivity index (χ0v) is 37.7. The highest BCUT2D eigenvalue weighted by Gasteiger charge is 2.19. The Morgan fingerprint density at radius 3 is 1.42 bits per heavy atom. The van der Waals surface area contributed by atoms with Gasteiger partial charge in [0.05, 0.1) is 11.0 Å². The second-order valence-electron chi connectivity index (χ2n) is 17.7. The van der Waals surface area contributed by atoms with Crippen molar-refractivity contribution < 1.29 is 4.42 Å². The molecular formula is C66H44N2O. The van der Waals surface area contributed by atoms with Crippen LogP contribution in [-0.4, -0.2) is 4.57 Å². The van der Waals surface area contributed by atoms with Crippen LogP contribution >= 0.6 is 0 Å². The average Bonchev–Trinajstić information content (AvgIpc) is 3.98. The van der Waals surface area contributed by atoms with Crippen molar-refractivity contribution in [2.24, 2.45) is 0 Å². The number of aromatic nitrogens is 1. The van der Waals surface area contributed by atoms with Crippen LogP contribution in [0.4, 0.5) is 17.1 Å². The minimum atomic E-state index is 0.886. The Balaban J connectivity index is 0.873. The minimum absolute atomic E-state index is 0.886. The molecule has 2 aromatic heterocycles. The van der Waals surface area contributed by atoms with Gasteiger partial charge in [-0.3, -0.25) is 0 Å². The van der Waals surface area contributed by atoms with Crippen molar-refractivity contribution in [3.63, 3.8) is 0 Å². The highest BCUT2D eigenvalue weighted by molar-refractivity contribution is 6.13. The number of benzene rings is 11. The Kier molecular flexibility index (Phi) is 9.84. The average molecular weight is 881 g/mol. The number of fused-ring (bicyclic) bond motifs is 6. The number of furan rings is 1. The molecule has 69 heavy (non-hydrogen) atoms. The molecule has 3 heteroatoms. The number of nitrogens with zero attached hydrogens (tertiary/aromatic N) is 2. The van der Waals surface area contributed by atoms with Gasteiger partial charge in [-0.2, -0.15) is 0 Å². The van der Waals surface area contributed by atoms with E-state index >= 15 is 0 Å². The number of para-hydroxylation sites is 3. The Morgan fingerprint density at radius 2 is 0.739 bits per heavy atom. The third kappa shape index (κ3) is 7.16. The van der Waals surface area contributed by atoms with E-state index in [0.29, 0.717) is 0 Å². The van der Waals surface area contributed by atoms with Gasteiger partial charge >= 0.3 is 0 Å². The summed E-state index contributed by atoms with van der Waals surface area (Å²) in [6, 6.07) is 96.1. The molecule has 0 amide bonds. The lowest BCUT2D eigenvalue weighted by molar-refractivity contribution is 0.669. The molecule has 324 valence electrons. The van der Waals surface area contributed by atoms with Gasteiger partial charge in [0.15, 0.2) is 0 Å². The highest BCUT2D eigenvalue weighted by atomic mass is 16.3. The Hall–Kier alpha value is -9.18. The van der Waals surface area contributed by atoms with Gasteiger partial charge in [-0.1, -0.05) is 194 Å². The zero-order valence-electron chi connectivity index (χ0n) is 37.7. The van der Waals surface area contributed by atoms with Gasteiger partial charge in [-0.15, -0.1) is 0 Å². The van der Waals surface area contributed by atoms with Crippen LogP contribution in [0.2, 0.25) is 0 Å². The van der Waals surface area contributed by atoms with Crippen LogP contribution in [0.1, 0.15) is 0 Å². The van der Waals surface area contributed by atoms with Crippen LogP contribution in [0.15, 0.2) is 271 Å². The lowest BCUT2D eigenvalue weighted by Gasteiger charge is -2.27. The number of hydrogen-bond donors (Lipinski definition) is 0. The third-order valence-corrected chi connectivity index (χ3v) is 13.6. The summed E-state index contributed by atoms with van der Waals surface area (Å²) in [7, 11) is 0. The Bertz CT molecular complexity index is 3960. The molecule has 11 aromatic carbocycles. The molecule has 0 atom stereocenters. The SMILES string of the molecule is c1ccc(-c2ccccc2-c2cccc(N(c3ccc(-c4ccc(-c5cccc(-n6c7ccccc7c7ccccc76)c5)cc4)cc3)c3cccc(-c4cccc5oc6ccccc6c45)c3)c2)cc1. The van der Waals surface area contributed by atoms with Gasteiger partial charge in [0.1, 0.15) is 11.2 Å². The topological polar surface area (TPSA) is 21.3 Å². The van der Waals surface area contributed by atoms with Crippen LogP contribution in [-0.2, 0) is 0 Å². The standard InChI is InChI=1S/C66H44N2O/c1-2-16-48(17-3-1)56-24-4-5-25-57(56)50-19-13-21-53(43-50)67(54-22-14-20-51(44-54)58-29-15-33-65-66(58)61-28-8-11-32-64(61)69-65)52-40-38-46(39-41-52)45-34-36-47(37-35-45)49-18-12-23-55(42-49)68-62-30-9-6-26-59(62)60-27-7-10-31-63(60)68/h1-44H. The van der Waals surface area contributed by atoms with Gasteiger partial charge in [-0.05, 0) is 128 Å². The summed E-state index contributed by atoms with van der Waals surface area (Å²) in [4.78, 5) is 2.38. The van der Waals surface area contributed by atoms with Gasteiger partial charge in [0.25, 0.3) is 0 Å². The molecule has 2 heterocycles. The number of rotatable bonds is 9. The minimum Gasteiger partial charge on any atom is -0.456 e. The van der Waals surface area contributed by atoms with Crippen LogP contribution in [0.25, 0.3) is 105 Å². The van der Waals surface area contributed by atoms with E-state index < -0.39 is 0 Å². The van der Waals surface area contributed by atoms with Crippen molar-refractivity contribution in [1.29, 1.82) is 0 Å². The van der Waals surface area contributed by atoms with Gasteiger partial charge in [0.2, 0.25) is 0 Å². The molecule has 3 nitrogen and oxygen atoms in total. The molecule has 0 spiro atoms. The van der Waals surface area contributed by atoms with E-state index in [-0.39, 0.29) is 0 Å². The van der Waals surface area contributed by atoms with E-state index in [1.807, 2.05) is 12.1 Å². The summed E-state index contributed by atoms with van der Waals surface area (Å²) in [5.74, 6) is 0. The molecule has 0 unspecified atom stereocenters. The molecule has 0 bridgehead atoms. The molecule has 0 aliphatic rings. The van der Waals surface area contributed by atoms with E-state index in [0.717, 1.165) is 72.5 Å². The summed E-state index contributed by atoms with van der Waals surface area (Å²) in [6.45, 7) is 0. The smallest absolute Gasteiger partial charge is 0.136 e. The molecule has 0 saturated carbocycles. The maximum atomic E-state index is 6.34. The molecule has 0 fully saturated rings. The fraction of sp³-hybridized carbons (Fsp3) is 0. The number of hydrogen-bond acceptors (Lipinski definition) is 2. The summed E-state index contributed by atoms with van der Waals surface area (Å²) in [5, 5.41) is 4.77. The first kappa shape index (κ1) is 40.1. The lowest BCUT2D eigenvalue weighted by atomic mass is 9.94. The van der Waals surface area contributed by atoms with Crippen LogP contribution in [0.5, 0.6) is 0 Å². The van der Waals surface area contributed by atoms with Gasteiger partial charge < -0.3 is 13.9 Å². The largest absolute Gasteiger partial charge is 0.456 e. The van der Waals surface area contributed by atoms with Crippen molar-refractivity contribution in [3.05, 3.63) is 267 Å². The summed E-state index contributed by atoms with van der Waals surface area (Å²) in [6.07, 6.45) is 0. The maximum Gasteiger partial charge on any atom is 0.136 e. The predicted molar refractivity (Wildman–Crippen MR) is 290 cm³/mol. The first-order valence-electron chi connectivity index (χ1n) is 23.6. The van der Waals surface area contributed by atoms with Gasteiger partial charge in [-0.25, -0.2) is 0 Å². The van der Waals surface area contributed by atoms with E-state index in [9.17, 15) is 0 Å². The van der Waals surface area contributed by atoms with E-state index in [2.05, 4.69) is 264 Å². The van der Waals surface area contributed by atoms with Crippen LogP contribution in [0.3, 0.4) is 0 Å². The molecule has 0 aliphatic carbocycles. The molecule has 13 aromatic rings. The fourth-order valence-corrected chi connectivity index (χ4v) is 10.4. The highest BCUT2D eigenvalue weighted by Crippen LogP contribution is 2.43. The monoisotopic (exact) mass is 880 g/mol. The number of anilines is 3. The second kappa shape index (κ2) is 16.9. The second-order valence-corrected chi connectivity index (χ2v) is 17.7. The molecule has 0 N–H and O–H groups in total. The fourth-order valence-electron chi connectivity index (χ4n) is 10.4. The normalized spacial score (nSPS) is 11.5. The van der Waals surface area contributed by atoms with Crippen molar-refractivity contribution in [2.75, 3.05) is 4.90 Å². The Labute approximate surface area is 401 Å². The van der Waals surface area contributed by atoms with Gasteiger partial charge in [0, 0.05) is 44.3 Å². The van der Waals surface area contributed by atoms with Crippen molar-refractivity contribution in [3.8, 4) is 61.3 Å². The third-order valence-electron chi connectivity index (χ3n) is 13.6. The van der Waals surface area contributed by atoms with Crippen molar-refractivity contribution >= 4 is 60.8 Å².